The maximum atomic E-state index is 11.4. The molecule has 0 aliphatic carbocycles. The van der Waals surface area contributed by atoms with Crippen LogP contribution in [0.15, 0.2) is 34.5 Å². The monoisotopic (exact) mass is 260 g/mol. The fourth-order valence-corrected chi connectivity index (χ4v) is 1.13. The van der Waals surface area contributed by atoms with Crippen LogP contribution < -0.4 is 5.43 Å². The molecule has 19 heavy (non-hydrogen) atoms. The van der Waals surface area contributed by atoms with Crippen LogP contribution in [-0.2, 0) is 9.53 Å². The summed E-state index contributed by atoms with van der Waals surface area (Å²) in [5.41, 5.74) is 3.51. The van der Waals surface area contributed by atoms with Gasteiger partial charge < -0.3 is 9.94 Å². The van der Waals surface area contributed by atoms with Gasteiger partial charge in [0.05, 0.1) is 23.9 Å². The fraction of sp³-hybridized carbons (Fsp3) is 0.167. The van der Waals surface area contributed by atoms with Gasteiger partial charge in [0.2, 0.25) is 0 Å². The molecule has 2 N–H and O–H groups in total. The number of carbonyl (C=O) groups excluding carboxylic acids is 1. The Labute approximate surface area is 109 Å². The van der Waals surface area contributed by atoms with E-state index in [0.29, 0.717) is 11.3 Å². The second kappa shape index (κ2) is 7.45. The van der Waals surface area contributed by atoms with Crippen LogP contribution in [0.1, 0.15) is 12.5 Å². The molecule has 0 fully saturated rings. The van der Waals surface area contributed by atoms with Crippen molar-refractivity contribution in [1.82, 2.24) is 0 Å². The predicted octanol–water partition coefficient (Wildman–Crippen LogP) is 1.35. The number of esters is 1. The summed E-state index contributed by atoms with van der Waals surface area (Å²) in [7, 11) is 0. The van der Waals surface area contributed by atoms with Gasteiger partial charge in [-0.25, -0.2) is 4.79 Å². The van der Waals surface area contributed by atoms with Gasteiger partial charge in [-0.3, -0.25) is 5.43 Å². The number of oxime groups is 1. The van der Waals surface area contributed by atoms with Gasteiger partial charge in [-0.1, -0.05) is 5.16 Å². The number of nitriles is 1. The van der Waals surface area contributed by atoms with Gasteiger partial charge in [-0.05, 0) is 31.2 Å². The van der Waals surface area contributed by atoms with E-state index in [1.54, 1.807) is 31.2 Å². The molecule has 0 saturated heterocycles. The SMILES string of the molecule is CCOC(=O)C(/C=N/O)=N/Nc1ccc(C#N)cc1. The molecule has 0 aliphatic rings. The summed E-state index contributed by atoms with van der Waals surface area (Å²) in [5, 5.41) is 23.6. The van der Waals surface area contributed by atoms with E-state index in [4.69, 9.17) is 15.2 Å². The second-order valence-corrected chi connectivity index (χ2v) is 3.26. The van der Waals surface area contributed by atoms with Gasteiger partial charge in [0.1, 0.15) is 6.21 Å². The molecule has 7 heteroatoms. The molecule has 1 aromatic carbocycles. The number of nitrogens with zero attached hydrogens (tertiary/aromatic N) is 3. The van der Waals surface area contributed by atoms with Crippen molar-refractivity contribution in [3.05, 3.63) is 29.8 Å². The molecule has 0 heterocycles. The third-order valence-electron chi connectivity index (χ3n) is 1.98. The van der Waals surface area contributed by atoms with Gasteiger partial charge in [-0.15, -0.1) is 0 Å². The molecule has 0 aromatic heterocycles. The summed E-state index contributed by atoms with van der Waals surface area (Å²) in [5.74, 6) is -0.707. The molecule has 0 unspecified atom stereocenters. The number of carbonyl (C=O) groups is 1. The van der Waals surface area contributed by atoms with Crippen molar-refractivity contribution in [3.8, 4) is 6.07 Å². The van der Waals surface area contributed by atoms with Gasteiger partial charge in [-0.2, -0.15) is 10.4 Å². The molecule has 0 atom stereocenters. The first-order chi connectivity index (χ1) is 9.21. The van der Waals surface area contributed by atoms with Gasteiger partial charge >= 0.3 is 5.97 Å². The van der Waals surface area contributed by atoms with Crippen molar-refractivity contribution in [2.24, 2.45) is 10.3 Å². The van der Waals surface area contributed by atoms with E-state index in [9.17, 15) is 4.79 Å². The van der Waals surface area contributed by atoms with Crippen LogP contribution in [-0.4, -0.2) is 29.7 Å². The van der Waals surface area contributed by atoms with E-state index >= 15 is 0 Å². The Morgan fingerprint density at radius 3 is 2.74 bits per heavy atom. The highest BCUT2D eigenvalue weighted by atomic mass is 16.5. The third kappa shape index (κ3) is 4.47. The Kier molecular flexibility index (Phi) is 5.56. The zero-order chi connectivity index (χ0) is 14.1. The summed E-state index contributed by atoms with van der Waals surface area (Å²) >= 11 is 0. The molecule has 0 radical (unpaired) electrons. The van der Waals surface area contributed by atoms with E-state index < -0.39 is 5.97 Å². The largest absolute Gasteiger partial charge is 0.461 e. The average Bonchev–Trinajstić information content (AvgIpc) is 2.44. The van der Waals surface area contributed by atoms with Crippen molar-refractivity contribution < 1.29 is 14.7 Å². The highest BCUT2D eigenvalue weighted by Crippen LogP contribution is 2.08. The average molecular weight is 260 g/mol. The minimum atomic E-state index is -0.707. The summed E-state index contributed by atoms with van der Waals surface area (Å²) in [4.78, 5) is 11.4. The Bertz CT molecular complexity index is 529. The van der Waals surface area contributed by atoms with E-state index in [2.05, 4.69) is 15.7 Å². The Morgan fingerprint density at radius 1 is 1.53 bits per heavy atom. The molecule has 0 aliphatic heterocycles. The van der Waals surface area contributed by atoms with Crippen molar-refractivity contribution in [1.29, 1.82) is 5.26 Å². The molecule has 1 aromatic rings. The van der Waals surface area contributed by atoms with E-state index in [1.807, 2.05) is 6.07 Å². The normalized spacial score (nSPS) is 11.1. The Morgan fingerprint density at radius 2 is 2.21 bits per heavy atom. The summed E-state index contributed by atoms with van der Waals surface area (Å²) in [6.07, 6.45) is 0.870. The zero-order valence-corrected chi connectivity index (χ0v) is 10.2. The van der Waals surface area contributed by atoms with E-state index in [1.165, 1.54) is 0 Å². The smallest absolute Gasteiger partial charge is 0.360 e. The fourth-order valence-electron chi connectivity index (χ4n) is 1.13. The number of hydrogen-bond acceptors (Lipinski definition) is 7. The molecular formula is C12H12N4O3. The lowest BCUT2D eigenvalue weighted by Crippen LogP contribution is -2.20. The first kappa shape index (κ1) is 14.2. The third-order valence-corrected chi connectivity index (χ3v) is 1.98. The van der Waals surface area contributed by atoms with Gasteiger partial charge in [0.15, 0.2) is 5.71 Å². The quantitative estimate of drug-likeness (QED) is 0.359. The second-order valence-electron chi connectivity index (χ2n) is 3.26. The lowest BCUT2D eigenvalue weighted by Gasteiger charge is -2.03. The highest BCUT2D eigenvalue weighted by molar-refractivity contribution is 6.59. The first-order valence-electron chi connectivity index (χ1n) is 5.39. The minimum Gasteiger partial charge on any atom is -0.461 e. The maximum absolute atomic E-state index is 11.4. The Balaban J connectivity index is 2.80. The van der Waals surface area contributed by atoms with Crippen molar-refractivity contribution in [3.63, 3.8) is 0 Å². The van der Waals surface area contributed by atoms with Crippen molar-refractivity contribution in [2.45, 2.75) is 6.92 Å². The van der Waals surface area contributed by atoms with Crippen LogP contribution in [0.2, 0.25) is 0 Å². The molecule has 0 saturated carbocycles. The van der Waals surface area contributed by atoms with E-state index in [-0.39, 0.29) is 12.3 Å². The lowest BCUT2D eigenvalue weighted by atomic mass is 10.2. The lowest BCUT2D eigenvalue weighted by molar-refractivity contribution is -0.134. The van der Waals surface area contributed by atoms with Crippen LogP contribution in [0.25, 0.3) is 0 Å². The number of benzene rings is 1. The number of nitrogens with one attached hydrogen (secondary N) is 1. The Hall–Kier alpha value is -2.88. The van der Waals surface area contributed by atoms with Crippen LogP contribution >= 0.6 is 0 Å². The summed E-state index contributed by atoms with van der Waals surface area (Å²) < 4.78 is 4.73. The van der Waals surface area contributed by atoms with Crippen molar-refractivity contribution in [2.75, 3.05) is 12.0 Å². The van der Waals surface area contributed by atoms with Gasteiger partial charge in [0.25, 0.3) is 0 Å². The van der Waals surface area contributed by atoms with Crippen LogP contribution in [0.5, 0.6) is 0 Å². The predicted molar refractivity (Wildman–Crippen MR) is 69.1 cm³/mol. The topological polar surface area (TPSA) is 107 Å². The minimum absolute atomic E-state index is 0.172. The summed E-state index contributed by atoms with van der Waals surface area (Å²) in [6, 6.07) is 8.43. The standard InChI is InChI=1S/C12H12N4O3/c1-2-19-12(17)11(8-14-18)16-15-10-5-3-9(7-13)4-6-10/h3-6,8,15,18H,2H2,1H3/b14-8+,16-11+. The van der Waals surface area contributed by atoms with Crippen molar-refractivity contribution >= 4 is 23.6 Å². The first-order valence-corrected chi connectivity index (χ1v) is 5.39. The van der Waals surface area contributed by atoms with E-state index in [0.717, 1.165) is 6.21 Å². The highest BCUT2D eigenvalue weighted by Gasteiger charge is 2.10. The zero-order valence-electron chi connectivity index (χ0n) is 10.2. The van der Waals surface area contributed by atoms with Crippen LogP contribution in [0, 0.1) is 11.3 Å². The molecule has 0 spiro atoms. The summed E-state index contributed by atoms with van der Waals surface area (Å²) in [6.45, 7) is 1.84. The van der Waals surface area contributed by atoms with Gasteiger partial charge in [0, 0.05) is 0 Å². The molecule has 0 amide bonds. The number of ether oxygens (including phenoxy) is 1. The van der Waals surface area contributed by atoms with Crippen LogP contribution in [0.3, 0.4) is 0 Å². The number of hydrazone groups is 1. The number of hydrogen-bond donors (Lipinski definition) is 2. The number of anilines is 1. The number of rotatable bonds is 5. The molecule has 98 valence electrons. The molecule has 7 nitrogen and oxygen atoms in total. The maximum Gasteiger partial charge on any atom is 0.360 e. The van der Waals surface area contributed by atoms with Crippen LogP contribution in [0.4, 0.5) is 5.69 Å². The molecule has 0 bridgehead atoms. The molecular weight excluding hydrogens is 248 g/mol. The molecule has 1 rings (SSSR count).